The van der Waals surface area contributed by atoms with Crippen molar-refractivity contribution in [2.45, 2.75) is 25.8 Å². The lowest BCUT2D eigenvalue weighted by Gasteiger charge is -1.99. The van der Waals surface area contributed by atoms with E-state index in [1.54, 1.807) is 17.1 Å². The van der Waals surface area contributed by atoms with Crippen molar-refractivity contribution in [3.05, 3.63) is 42.0 Å². The molecule has 6 heteroatoms. The van der Waals surface area contributed by atoms with Gasteiger partial charge in [-0.2, -0.15) is 0 Å². The summed E-state index contributed by atoms with van der Waals surface area (Å²) in [7, 11) is 0. The summed E-state index contributed by atoms with van der Waals surface area (Å²) in [6.45, 7) is 0.692. The van der Waals surface area contributed by atoms with Crippen LogP contribution in [-0.2, 0) is 24.2 Å². The van der Waals surface area contributed by atoms with E-state index in [1.807, 2.05) is 18.2 Å². The van der Waals surface area contributed by atoms with Gasteiger partial charge in [0.1, 0.15) is 0 Å². The highest BCUT2D eigenvalue weighted by Gasteiger charge is 2.04. The van der Waals surface area contributed by atoms with Crippen molar-refractivity contribution in [3.8, 4) is 0 Å². The third kappa shape index (κ3) is 3.65. The molecule has 1 N–H and O–H groups in total. The molecule has 0 aromatic carbocycles. The monoisotopic (exact) mass is 246 g/mol. The molecule has 0 fully saturated rings. The SMILES string of the molecule is O=C(O)CCc1cn(CCc2ccccn2)nn1. The molecule has 2 aromatic rings. The first-order valence-corrected chi connectivity index (χ1v) is 5.75. The van der Waals surface area contributed by atoms with Crippen LogP contribution < -0.4 is 0 Å². The molecule has 0 radical (unpaired) electrons. The van der Waals surface area contributed by atoms with Crippen LogP contribution in [0.25, 0.3) is 0 Å². The Labute approximate surface area is 104 Å². The Morgan fingerprint density at radius 3 is 2.89 bits per heavy atom. The standard InChI is InChI=1S/C12H14N4O2/c17-12(18)5-4-11-9-16(15-14-11)8-6-10-3-1-2-7-13-10/h1-3,7,9H,4-6,8H2,(H,17,18). The third-order valence-corrected chi connectivity index (χ3v) is 2.50. The van der Waals surface area contributed by atoms with Crippen molar-refractivity contribution in [1.82, 2.24) is 20.0 Å². The zero-order valence-electron chi connectivity index (χ0n) is 9.86. The summed E-state index contributed by atoms with van der Waals surface area (Å²) >= 11 is 0. The van der Waals surface area contributed by atoms with Gasteiger partial charge in [-0.3, -0.25) is 14.5 Å². The number of carboxylic acid groups (broad SMARTS) is 1. The highest BCUT2D eigenvalue weighted by molar-refractivity contribution is 5.66. The van der Waals surface area contributed by atoms with E-state index in [-0.39, 0.29) is 6.42 Å². The topological polar surface area (TPSA) is 80.9 Å². The van der Waals surface area contributed by atoms with Crippen LogP contribution in [0.3, 0.4) is 0 Å². The van der Waals surface area contributed by atoms with E-state index in [0.29, 0.717) is 18.7 Å². The molecule has 0 atom stereocenters. The number of aliphatic carboxylic acids is 1. The number of hydrogen-bond donors (Lipinski definition) is 1. The summed E-state index contributed by atoms with van der Waals surface area (Å²) in [4.78, 5) is 14.6. The molecule has 0 spiro atoms. The van der Waals surface area contributed by atoms with Crippen molar-refractivity contribution in [2.24, 2.45) is 0 Å². The first-order chi connectivity index (χ1) is 8.74. The lowest BCUT2D eigenvalue weighted by atomic mass is 10.2. The van der Waals surface area contributed by atoms with Crippen LogP contribution >= 0.6 is 0 Å². The van der Waals surface area contributed by atoms with Crippen LogP contribution in [0.2, 0.25) is 0 Å². The second-order valence-corrected chi connectivity index (χ2v) is 3.94. The fourth-order valence-electron chi connectivity index (χ4n) is 1.57. The van der Waals surface area contributed by atoms with Gasteiger partial charge in [0, 0.05) is 37.5 Å². The van der Waals surface area contributed by atoms with Gasteiger partial charge in [-0.25, -0.2) is 0 Å². The van der Waals surface area contributed by atoms with Crippen LogP contribution in [0.5, 0.6) is 0 Å². The van der Waals surface area contributed by atoms with Gasteiger partial charge in [-0.05, 0) is 12.1 Å². The van der Waals surface area contributed by atoms with E-state index in [9.17, 15) is 4.79 Å². The van der Waals surface area contributed by atoms with Crippen molar-refractivity contribution < 1.29 is 9.90 Å². The second kappa shape index (κ2) is 5.90. The van der Waals surface area contributed by atoms with E-state index >= 15 is 0 Å². The van der Waals surface area contributed by atoms with E-state index in [0.717, 1.165) is 12.1 Å². The fraction of sp³-hybridized carbons (Fsp3) is 0.333. The van der Waals surface area contributed by atoms with Crippen molar-refractivity contribution in [2.75, 3.05) is 0 Å². The van der Waals surface area contributed by atoms with E-state index in [2.05, 4.69) is 15.3 Å². The smallest absolute Gasteiger partial charge is 0.303 e. The minimum Gasteiger partial charge on any atom is -0.481 e. The Bertz CT molecular complexity index is 510. The Kier molecular flexibility index (Phi) is 4.01. The Morgan fingerprint density at radius 1 is 1.28 bits per heavy atom. The van der Waals surface area contributed by atoms with Crippen LogP contribution in [0, 0.1) is 0 Å². The fourth-order valence-corrected chi connectivity index (χ4v) is 1.57. The van der Waals surface area contributed by atoms with E-state index in [4.69, 9.17) is 5.11 Å². The van der Waals surface area contributed by atoms with Crippen molar-refractivity contribution in [3.63, 3.8) is 0 Å². The minimum atomic E-state index is -0.821. The average molecular weight is 246 g/mol. The maximum atomic E-state index is 10.4. The van der Waals surface area contributed by atoms with Gasteiger partial charge in [0.25, 0.3) is 0 Å². The predicted octanol–water partition coefficient (Wildman–Crippen LogP) is 0.933. The number of carboxylic acids is 1. The number of hydrogen-bond acceptors (Lipinski definition) is 4. The number of pyridine rings is 1. The number of nitrogens with zero attached hydrogens (tertiary/aromatic N) is 4. The van der Waals surface area contributed by atoms with Gasteiger partial charge in [-0.15, -0.1) is 5.10 Å². The molecule has 0 saturated carbocycles. The molecule has 2 heterocycles. The quantitative estimate of drug-likeness (QED) is 0.820. The summed E-state index contributed by atoms with van der Waals surface area (Å²) < 4.78 is 1.71. The second-order valence-electron chi connectivity index (χ2n) is 3.94. The van der Waals surface area contributed by atoms with Crippen LogP contribution in [-0.4, -0.2) is 31.1 Å². The number of rotatable bonds is 6. The Hall–Kier alpha value is -2.24. The van der Waals surface area contributed by atoms with Gasteiger partial charge in [0.2, 0.25) is 0 Å². The number of aryl methyl sites for hydroxylation is 3. The molecule has 2 rings (SSSR count). The van der Waals surface area contributed by atoms with Gasteiger partial charge in [0.05, 0.1) is 12.1 Å². The normalized spacial score (nSPS) is 10.4. The van der Waals surface area contributed by atoms with Gasteiger partial charge < -0.3 is 5.11 Å². The maximum absolute atomic E-state index is 10.4. The number of carbonyl (C=O) groups is 1. The maximum Gasteiger partial charge on any atom is 0.303 e. The van der Waals surface area contributed by atoms with E-state index < -0.39 is 5.97 Å². The zero-order valence-corrected chi connectivity index (χ0v) is 9.86. The average Bonchev–Trinajstić information content (AvgIpc) is 2.83. The highest BCUT2D eigenvalue weighted by atomic mass is 16.4. The van der Waals surface area contributed by atoms with Gasteiger partial charge in [-0.1, -0.05) is 11.3 Å². The minimum absolute atomic E-state index is 0.0823. The molecule has 0 bridgehead atoms. The molecule has 0 amide bonds. The predicted molar refractivity (Wildman–Crippen MR) is 63.9 cm³/mol. The first-order valence-electron chi connectivity index (χ1n) is 5.75. The number of aromatic nitrogens is 4. The van der Waals surface area contributed by atoms with Crippen LogP contribution in [0.1, 0.15) is 17.8 Å². The lowest BCUT2D eigenvalue weighted by molar-refractivity contribution is -0.136. The van der Waals surface area contributed by atoms with Gasteiger partial charge in [0.15, 0.2) is 0 Å². The molecular formula is C12H14N4O2. The van der Waals surface area contributed by atoms with E-state index in [1.165, 1.54) is 0 Å². The molecule has 94 valence electrons. The molecular weight excluding hydrogens is 232 g/mol. The van der Waals surface area contributed by atoms with Crippen LogP contribution in [0.15, 0.2) is 30.6 Å². The molecule has 6 nitrogen and oxygen atoms in total. The summed E-state index contributed by atoms with van der Waals surface area (Å²) in [5, 5.41) is 16.5. The summed E-state index contributed by atoms with van der Waals surface area (Å²) in [6.07, 6.45) is 4.82. The van der Waals surface area contributed by atoms with Gasteiger partial charge >= 0.3 is 5.97 Å². The molecule has 18 heavy (non-hydrogen) atoms. The Morgan fingerprint density at radius 2 is 2.17 bits per heavy atom. The molecule has 2 aromatic heterocycles. The lowest BCUT2D eigenvalue weighted by Crippen LogP contribution is -2.03. The molecule has 0 saturated heterocycles. The van der Waals surface area contributed by atoms with Crippen molar-refractivity contribution >= 4 is 5.97 Å². The molecule has 0 aliphatic rings. The molecule has 0 aliphatic heterocycles. The summed E-state index contributed by atoms with van der Waals surface area (Å²) in [5.41, 5.74) is 1.71. The van der Waals surface area contributed by atoms with Crippen LogP contribution in [0.4, 0.5) is 0 Å². The largest absolute Gasteiger partial charge is 0.481 e. The summed E-state index contributed by atoms with van der Waals surface area (Å²) in [6, 6.07) is 5.78. The summed E-state index contributed by atoms with van der Waals surface area (Å²) in [5.74, 6) is -0.821. The van der Waals surface area contributed by atoms with Crippen molar-refractivity contribution in [1.29, 1.82) is 0 Å². The zero-order chi connectivity index (χ0) is 12.8. The molecule has 0 unspecified atom stereocenters. The highest BCUT2D eigenvalue weighted by Crippen LogP contribution is 2.01. The third-order valence-electron chi connectivity index (χ3n) is 2.50. The Balaban J connectivity index is 1.85. The molecule has 0 aliphatic carbocycles. The first kappa shape index (κ1) is 12.2.